The molecule has 3 rings (SSSR count). The standard InChI is InChI=1S/C12H16O/c13-6-5-8-3-4-11-9-1-2-10(7-9)12(8)11/h1-4,8-13H,5-7H2. The summed E-state index contributed by atoms with van der Waals surface area (Å²) in [7, 11) is 0. The molecule has 0 aliphatic heterocycles. The number of allylic oxidation sites excluding steroid dienone is 4. The van der Waals surface area contributed by atoms with Gasteiger partial charge in [0.25, 0.3) is 0 Å². The molecule has 1 heteroatoms. The molecule has 2 bridgehead atoms. The van der Waals surface area contributed by atoms with Crippen molar-refractivity contribution < 1.29 is 5.11 Å². The summed E-state index contributed by atoms with van der Waals surface area (Å²) in [6, 6.07) is 0. The van der Waals surface area contributed by atoms with Gasteiger partial charge in [-0.2, -0.15) is 0 Å². The lowest BCUT2D eigenvalue weighted by atomic mass is 9.79. The van der Waals surface area contributed by atoms with Gasteiger partial charge in [-0.25, -0.2) is 0 Å². The Hall–Kier alpha value is -0.560. The number of rotatable bonds is 2. The Balaban J connectivity index is 1.83. The van der Waals surface area contributed by atoms with Crippen molar-refractivity contribution in [2.75, 3.05) is 6.61 Å². The molecule has 3 aliphatic rings. The predicted octanol–water partition coefficient (Wildman–Crippen LogP) is 1.99. The van der Waals surface area contributed by atoms with Crippen molar-refractivity contribution in [3.05, 3.63) is 24.3 Å². The third kappa shape index (κ3) is 0.969. The minimum atomic E-state index is 0.347. The van der Waals surface area contributed by atoms with Gasteiger partial charge in [0.1, 0.15) is 0 Å². The molecule has 1 saturated carbocycles. The van der Waals surface area contributed by atoms with Crippen LogP contribution in [0.2, 0.25) is 0 Å². The first-order valence-electron chi connectivity index (χ1n) is 5.37. The van der Waals surface area contributed by atoms with Gasteiger partial charge in [0, 0.05) is 6.61 Å². The molecule has 5 atom stereocenters. The van der Waals surface area contributed by atoms with Gasteiger partial charge >= 0.3 is 0 Å². The summed E-state index contributed by atoms with van der Waals surface area (Å²) >= 11 is 0. The lowest BCUT2D eigenvalue weighted by Gasteiger charge is -2.25. The fourth-order valence-corrected chi connectivity index (χ4v) is 3.61. The van der Waals surface area contributed by atoms with Crippen molar-refractivity contribution in [1.82, 2.24) is 0 Å². The van der Waals surface area contributed by atoms with Crippen LogP contribution in [-0.2, 0) is 0 Å². The van der Waals surface area contributed by atoms with E-state index in [0.29, 0.717) is 12.5 Å². The molecule has 0 amide bonds. The van der Waals surface area contributed by atoms with Gasteiger partial charge in [-0.15, -0.1) is 0 Å². The van der Waals surface area contributed by atoms with Crippen molar-refractivity contribution in [3.63, 3.8) is 0 Å². The number of hydrogen-bond donors (Lipinski definition) is 1. The van der Waals surface area contributed by atoms with E-state index in [9.17, 15) is 0 Å². The summed E-state index contributed by atoms with van der Waals surface area (Å²) in [6.07, 6.45) is 11.9. The third-order valence-electron chi connectivity index (χ3n) is 4.12. The summed E-state index contributed by atoms with van der Waals surface area (Å²) in [5.74, 6) is 3.96. The lowest BCUT2D eigenvalue weighted by molar-refractivity contribution is 0.223. The second-order valence-electron chi connectivity index (χ2n) is 4.66. The van der Waals surface area contributed by atoms with E-state index in [1.54, 1.807) is 0 Å². The quantitative estimate of drug-likeness (QED) is 0.638. The van der Waals surface area contributed by atoms with Crippen molar-refractivity contribution >= 4 is 0 Å². The molecule has 5 unspecified atom stereocenters. The minimum absolute atomic E-state index is 0.347. The van der Waals surface area contributed by atoms with Gasteiger partial charge < -0.3 is 5.11 Å². The molecule has 1 N–H and O–H groups in total. The molecule has 0 aromatic rings. The fourth-order valence-electron chi connectivity index (χ4n) is 3.61. The van der Waals surface area contributed by atoms with Crippen LogP contribution in [-0.4, -0.2) is 11.7 Å². The SMILES string of the molecule is OCCC1C=CC2C3C=CC(C3)C12. The van der Waals surface area contributed by atoms with Crippen LogP contribution in [0.25, 0.3) is 0 Å². The summed E-state index contributed by atoms with van der Waals surface area (Å²) in [5, 5.41) is 8.96. The molecule has 0 aromatic heterocycles. The Morgan fingerprint density at radius 2 is 1.92 bits per heavy atom. The molecular formula is C12H16O. The van der Waals surface area contributed by atoms with Gasteiger partial charge in [-0.05, 0) is 42.4 Å². The summed E-state index contributed by atoms with van der Waals surface area (Å²) < 4.78 is 0. The van der Waals surface area contributed by atoms with Crippen LogP contribution in [0.15, 0.2) is 24.3 Å². The van der Waals surface area contributed by atoms with Gasteiger partial charge in [-0.3, -0.25) is 0 Å². The second kappa shape index (κ2) is 2.71. The van der Waals surface area contributed by atoms with Gasteiger partial charge in [-0.1, -0.05) is 24.3 Å². The highest BCUT2D eigenvalue weighted by molar-refractivity contribution is 5.23. The first-order chi connectivity index (χ1) is 6.40. The molecule has 0 radical (unpaired) electrons. The Labute approximate surface area is 79.2 Å². The third-order valence-corrected chi connectivity index (χ3v) is 4.12. The van der Waals surface area contributed by atoms with E-state index < -0.39 is 0 Å². The number of aliphatic hydroxyl groups excluding tert-OH is 1. The molecule has 3 aliphatic carbocycles. The summed E-state index contributed by atoms with van der Waals surface area (Å²) in [4.78, 5) is 0. The molecule has 1 nitrogen and oxygen atoms in total. The molecular weight excluding hydrogens is 160 g/mol. The Kier molecular flexibility index (Phi) is 1.63. The zero-order valence-corrected chi connectivity index (χ0v) is 7.76. The summed E-state index contributed by atoms with van der Waals surface area (Å²) in [5.41, 5.74) is 0. The van der Waals surface area contributed by atoms with E-state index in [1.807, 2.05) is 0 Å². The smallest absolute Gasteiger partial charge is 0.0436 e. The average Bonchev–Trinajstić information content (AvgIpc) is 2.74. The molecule has 1 fully saturated rings. The van der Waals surface area contributed by atoms with E-state index in [2.05, 4.69) is 24.3 Å². The average molecular weight is 176 g/mol. The highest BCUT2D eigenvalue weighted by atomic mass is 16.3. The van der Waals surface area contributed by atoms with Crippen LogP contribution in [0.1, 0.15) is 12.8 Å². The fraction of sp³-hybridized carbons (Fsp3) is 0.667. The van der Waals surface area contributed by atoms with E-state index in [-0.39, 0.29) is 0 Å². The maximum atomic E-state index is 8.96. The highest BCUT2D eigenvalue weighted by Crippen LogP contribution is 2.55. The van der Waals surface area contributed by atoms with Gasteiger partial charge in [0.15, 0.2) is 0 Å². The van der Waals surface area contributed by atoms with Gasteiger partial charge in [0.2, 0.25) is 0 Å². The molecule has 0 spiro atoms. The van der Waals surface area contributed by atoms with Crippen LogP contribution in [0.4, 0.5) is 0 Å². The molecule has 0 heterocycles. The minimum Gasteiger partial charge on any atom is -0.396 e. The Bertz CT molecular complexity index is 266. The molecule has 70 valence electrons. The van der Waals surface area contributed by atoms with Crippen LogP contribution in [0.5, 0.6) is 0 Å². The van der Waals surface area contributed by atoms with Crippen LogP contribution in [0.3, 0.4) is 0 Å². The zero-order chi connectivity index (χ0) is 8.84. The van der Waals surface area contributed by atoms with E-state index in [4.69, 9.17) is 5.11 Å². The largest absolute Gasteiger partial charge is 0.396 e. The predicted molar refractivity (Wildman–Crippen MR) is 52.0 cm³/mol. The Morgan fingerprint density at radius 1 is 1.08 bits per heavy atom. The van der Waals surface area contributed by atoms with Crippen LogP contribution in [0, 0.1) is 29.6 Å². The van der Waals surface area contributed by atoms with Crippen LogP contribution < -0.4 is 0 Å². The first kappa shape index (κ1) is 7.81. The van der Waals surface area contributed by atoms with Crippen molar-refractivity contribution in [2.24, 2.45) is 29.6 Å². The molecule has 13 heavy (non-hydrogen) atoms. The maximum Gasteiger partial charge on any atom is 0.0436 e. The van der Waals surface area contributed by atoms with Gasteiger partial charge in [0.05, 0.1) is 0 Å². The molecule has 0 saturated heterocycles. The van der Waals surface area contributed by atoms with Crippen molar-refractivity contribution in [2.45, 2.75) is 12.8 Å². The topological polar surface area (TPSA) is 20.2 Å². The molecule has 0 aromatic carbocycles. The summed E-state index contributed by atoms with van der Waals surface area (Å²) in [6.45, 7) is 0.347. The lowest BCUT2D eigenvalue weighted by Crippen LogP contribution is -2.21. The zero-order valence-electron chi connectivity index (χ0n) is 7.76. The van der Waals surface area contributed by atoms with Crippen molar-refractivity contribution in [3.8, 4) is 0 Å². The number of aliphatic hydroxyl groups is 1. The van der Waals surface area contributed by atoms with Crippen LogP contribution >= 0.6 is 0 Å². The van der Waals surface area contributed by atoms with E-state index in [1.165, 1.54) is 6.42 Å². The Morgan fingerprint density at radius 3 is 2.77 bits per heavy atom. The normalized spacial score (nSPS) is 50.4. The maximum absolute atomic E-state index is 8.96. The monoisotopic (exact) mass is 176 g/mol. The highest BCUT2D eigenvalue weighted by Gasteiger charge is 2.48. The van der Waals surface area contributed by atoms with E-state index in [0.717, 1.165) is 30.1 Å². The van der Waals surface area contributed by atoms with Crippen molar-refractivity contribution in [1.29, 1.82) is 0 Å². The first-order valence-corrected chi connectivity index (χ1v) is 5.37. The second-order valence-corrected chi connectivity index (χ2v) is 4.66. The van der Waals surface area contributed by atoms with E-state index >= 15 is 0 Å². The number of fused-ring (bicyclic) bond motifs is 5. The number of hydrogen-bond acceptors (Lipinski definition) is 1.